The Morgan fingerprint density at radius 3 is 2.53 bits per heavy atom. The number of hydrogen-bond acceptors (Lipinski definition) is 10. The molecule has 0 bridgehead atoms. The van der Waals surface area contributed by atoms with Gasteiger partial charge in [-0.1, -0.05) is 19.1 Å². The second-order valence-electron chi connectivity index (χ2n) is 10.2. The predicted octanol–water partition coefficient (Wildman–Crippen LogP) is 1.47. The minimum absolute atomic E-state index is 0.00481. The molecule has 11 heteroatoms. The number of nitrogens with two attached hydrogens (primary N) is 1. The van der Waals surface area contributed by atoms with Gasteiger partial charge in [-0.3, -0.25) is 14.4 Å². The Hall–Kier alpha value is -3.35. The summed E-state index contributed by atoms with van der Waals surface area (Å²) in [6.45, 7) is 3.22. The molecule has 7 N–H and O–H groups in total. The number of aliphatic carboxylic acids is 1. The molecular formula is C27H29NO10. The lowest BCUT2D eigenvalue weighted by Crippen LogP contribution is -2.52. The molecule has 0 amide bonds. The summed E-state index contributed by atoms with van der Waals surface area (Å²) in [6, 6.07) is 4.54. The molecule has 4 unspecified atom stereocenters. The topological polar surface area (TPSA) is 197 Å². The number of hydrogen-bond donors (Lipinski definition) is 6. The van der Waals surface area contributed by atoms with Gasteiger partial charge in [-0.05, 0) is 31.0 Å². The fraction of sp³-hybridized carbons (Fsp3) is 0.444. The first-order chi connectivity index (χ1) is 17.9. The van der Waals surface area contributed by atoms with Gasteiger partial charge >= 0.3 is 5.97 Å². The third kappa shape index (κ3) is 3.81. The first-order valence-corrected chi connectivity index (χ1v) is 12.4. The number of phenolic OH excluding ortho intramolecular Hbond substituents is 2. The highest BCUT2D eigenvalue weighted by Crippen LogP contribution is 2.53. The lowest BCUT2D eigenvalue weighted by atomic mass is 9.67. The molecule has 7 atom stereocenters. The highest BCUT2D eigenvalue weighted by molar-refractivity contribution is 6.30. The van der Waals surface area contributed by atoms with Crippen LogP contribution in [0.1, 0.15) is 88.1 Å². The Balaban J connectivity index is 1.70. The molecule has 1 heterocycles. The Morgan fingerprint density at radius 2 is 1.89 bits per heavy atom. The Bertz CT molecular complexity index is 1340. The van der Waals surface area contributed by atoms with Gasteiger partial charge < -0.3 is 40.7 Å². The molecule has 2 aromatic rings. The van der Waals surface area contributed by atoms with Crippen LogP contribution in [0.4, 0.5) is 0 Å². The van der Waals surface area contributed by atoms with Gasteiger partial charge in [0.05, 0.1) is 35.0 Å². The number of rotatable bonds is 4. The van der Waals surface area contributed by atoms with Gasteiger partial charge in [-0.2, -0.15) is 0 Å². The van der Waals surface area contributed by atoms with Crippen molar-refractivity contribution in [3.63, 3.8) is 0 Å². The van der Waals surface area contributed by atoms with Crippen LogP contribution in [0.3, 0.4) is 0 Å². The van der Waals surface area contributed by atoms with E-state index in [1.165, 1.54) is 24.3 Å². The van der Waals surface area contributed by atoms with Gasteiger partial charge in [0, 0.05) is 35.6 Å². The molecule has 0 saturated carbocycles. The molecule has 202 valence electrons. The van der Waals surface area contributed by atoms with E-state index in [9.17, 15) is 39.9 Å². The van der Waals surface area contributed by atoms with Crippen molar-refractivity contribution in [3.05, 3.63) is 57.6 Å². The van der Waals surface area contributed by atoms with Crippen molar-refractivity contribution in [3.8, 4) is 11.5 Å². The summed E-state index contributed by atoms with van der Waals surface area (Å²) in [5.41, 5.74) is 3.10. The summed E-state index contributed by atoms with van der Waals surface area (Å²) in [4.78, 5) is 39.3. The van der Waals surface area contributed by atoms with Gasteiger partial charge in [0.15, 0.2) is 12.1 Å². The van der Waals surface area contributed by atoms with E-state index < -0.39 is 71.2 Å². The third-order valence-electron chi connectivity index (χ3n) is 7.99. The number of aromatic hydroxyl groups is 2. The summed E-state index contributed by atoms with van der Waals surface area (Å²) in [5.74, 6) is -5.50. The second-order valence-corrected chi connectivity index (χ2v) is 10.2. The number of fused-ring (bicyclic) bond motifs is 3. The van der Waals surface area contributed by atoms with Gasteiger partial charge in [0.1, 0.15) is 17.4 Å². The minimum Gasteiger partial charge on any atom is -0.507 e. The number of ketones is 2. The first-order valence-electron chi connectivity index (χ1n) is 12.4. The molecule has 0 aromatic heterocycles. The van der Waals surface area contributed by atoms with Crippen molar-refractivity contribution < 1.29 is 49.4 Å². The van der Waals surface area contributed by atoms with Crippen molar-refractivity contribution >= 4 is 17.5 Å². The van der Waals surface area contributed by atoms with Crippen molar-refractivity contribution in [1.82, 2.24) is 0 Å². The number of phenols is 2. The van der Waals surface area contributed by atoms with Crippen LogP contribution in [0.2, 0.25) is 0 Å². The quantitative estimate of drug-likeness (QED) is 0.287. The van der Waals surface area contributed by atoms with E-state index >= 15 is 0 Å². The zero-order valence-electron chi connectivity index (χ0n) is 20.7. The average molecular weight is 528 g/mol. The summed E-state index contributed by atoms with van der Waals surface area (Å²) >= 11 is 0. The number of aliphatic hydroxyl groups excluding tert-OH is 1. The van der Waals surface area contributed by atoms with Crippen LogP contribution in [0, 0.1) is 0 Å². The Kier molecular flexibility index (Phi) is 6.32. The predicted molar refractivity (Wildman–Crippen MR) is 130 cm³/mol. The van der Waals surface area contributed by atoms with E-state index in [2.05, 4.69) is 0 Å². The molecular weight excluding hydrogens is 498 g/mol. The SMILES string of the molecule is CC[C@@]1(O)C[C@H](OC2CC(N)C(O)C(C)O2)c2c(cc3c(c2O)C(=O)c2c(O)cccc2C3=O)[C@H]1C(=O)O. The van der Waals surface area contributed by atoms with Crippen LogP contribution in [0.25, 0.3) is 0 Å². The van der Waals surface area contributed by atoms with Crippen LogP contribution in [0.5, 0.6) is 11.5 Å². The largest absolute Gasteiger partial charge is 0.507 e. The molecule has 1 fully saturated rings. The van der Waals surface area contributed by atoms with Crippen LogP contribution < -0.4 is 5.73 Å². The number of benzene rings is 2. The molecule has 0 spiro atoms. The lowest BCUT2D eigenvalue weighted by molar-refractivity contribution is -0.248. The average Bonchev–Trinajstić information content (AvgIpc) is 2.85. The lowest BCUT2D eigenvalue weighted by Gasteiger charge is -2.45. The molecule has 0 radical (unpaired) electrons. The van der Waals surface area contributed by atoms with Crippen molar-refractivity contribution in [2.75, 3.05) is 0 Å². The number of carbonyl (C=O) groups is 3. The minimum atomic E-state index is -1.83. The number of ether oxygens (including phenoxy) is 2. The standard InChI is InChI=1S/C27H29NO10/c1-3-27(36)9-16(38-17-8-14(28)22(30)10(2)37-17)19-12(21(27)26(34)35)7-13-20(25(19)33)24(32)18-11(23(13)31)5-4-6-15(18)29/h4-7,10,14,16-17,21-22,29-30,33,36H,3,8-9,28H2,1-2H3,(H,34,35)/t10?,14?,16-,17?,21-,22?,27+/m0/s1. The van der Waals surface area contributed by atoms with E-state index in [1.807, 2.05) is 0 Å². The van der Waals surface area contributed by atoms with E-state index in [4.69, 9.17) is 15.2 Å². The molecule has 3 aliphatic rings. The van der Waals surface area contributed by atoms with Gasteiger partial charge in [0.25, 0.3) is 0 Å². The third-order valence-corrected chi connectivity index (χ3v) is 7.99. The maximum atomic E-state index is 13.5. The maximum absolute atomic E-state index is 13.5. The van der Waals surface area contributed by atoms with Gasteiger partial charge in [0.2, 0.25) is 5.78 Å². The number of carbonyl (C=O) groups excluding carboxylic acids is 2. The molecule has 2 aromatic carbocycles. The van der Waals surface area contributed by atoms with Crippen LogP contribution in [-0.4, -0.2) is 73.2 Å². The Labute approximate surface area is 217 Å². The summed E-state index contributed by atoms with van der Waals surface area (Å²) in [7, 11) is 0. The Morgan fingerprint density at radius 1 is 1.18 bits per heavy atom. The molecule has 2 aliphatic carbocycles. The highest BCUT2D eigenvalue weighted by Gasteiger charge is 2.52. The van der Waals surface area contributed by atoms with Gasteiger partial charge in [-0.15, -0.1) is 0 Å². The van der Waals surface area contributed by atoms with Crippen molar-refractivity contribution in [1.29, 1.82) is 0 Å². The molecule has 11 nitrogen and oxygen atoms in total. The number of aliphatic hydroxyl groups is 2. The van der Waals surface area contributed by atoms with Crippen molar-refractivity contribution in [2.45, 2.75) is 75.3 Å². The van der Waals surface area contributed by atoms with Crippen LogP contribution >= 0.6 is 0 Å². The summed E-state index contributed by atoms with van der Waals surface area (Å²) < 4.78 is 11.9. The summed E-state index contributed by atoms with van der Waals surface area (Å²) in [5, 5.41) is 53.5. The number of carboxylic acids is 1. The first kappa shape index (κ1) is 26.3. The molecule has 38 heavy (non-hydrogen) atoms. The second kappa shape index (κ2) is 9.14. The zero-order chi connectivity index (χ0) is 27.7. The molecule has 1 aliphatic heterocycles. The maximum Gasteiger partial charge on any atom is 0.313 e. The van der Waals surface area contributed by atoms with Gasteiger partial charge in [-0.25, -0.2) is 0 Å². The van der Waals surface area contributed by atoms with Crippen molar-refractivity contribution in [2.24, 2.45) is 5.73 Å². The zero-order valence-corrected chi connectivity index (χ0v) is 20.7. The number of carboxylic acid groups (broad SMARTS) is 1. The molecule has 5 rings (SSSR count). The van der Waals surface area contributed by atoms with E-state index in [0.29, 0.717) is 0 Å². The fourth-order valence-corrected chi connectivity index (χ4v) is 5.94. The normalized spacial score (nSPS) is 32.3. The molecule has 1 saturated heterocycles. The van der Waals surface area contributed by atoms with Crippen LogP contribution in [0.15, 0.2) is 24.3 Å². The monoisotopic (exact) mass is 527 g/mol. The summed E-state index contributed by atoms with van der Waals surface area (Å²) in [6.07, 6.45) is -3.92. The van der Waals surface area contributed by atoms with Crippen LogP contribution in [-0.2, 0) is 14.3 Å². The van der Waals surface area contributed by atoms with E-state index in [1.54, 1.807) is 13.8 Å². The highest BCUT2D eigenvalue weighted by atomic mass is 16.7. The van der Waals surface area contributed by atoms with E-state index in [-0.39, 0.29) is 52.6 Å². The van der Waals surface area contributed by atoms with E-state index in [0.717, 1.165) is 0 Å². The smallest absolute Gasteiger partial charge is 0.313 e. The fourth-order valence-electron chi connectivity index (χ4n) is 5.94.